The van der Waals surface area contributed by atoms with Crippen molar-refractivity contribution >= 4 is 23.3 Å². The molecule has 3 rings (SSSR count). The zero-order chi connectivity index (χ0) is 20.0. The highest BCUT2D eigenvalue weighted by atomic mass is 35.5. The molecular weight excluding hydrogens is 284 g/mol. The Morgan fingerprint density at radius 3 is 3.10 bits per heavy atom. The molecule has 2 aromatic rings. The van der Waals surface area contributed by atoms with Gasteiger partial charge in [0.25, 0.3) is 6.02 Å². The van der Waals surface area contributed by atoms with Crippen LogP contribution in [-0.2, 0) is 10.3 Å². The second-order valence-electron chi connectivity index (χ2n) is 4.51. The lowest BCUT2D eigenvalue weighted by Crippen LogP contribution is -2.39. The van der Waals surface area contributed by atoms with E-state index in [1.807, 2.05) is 0 Å². The molecule has 0 radical (unpaired) electrons. The summed E-state index contributed by atoms with van der Waals surface area (Å²) in [6.07, 6.45) is 0. The summed E-state index contributed by atoms with van der Waals surface area (Å²) in [5.74, 6) is 0. The highest BCUT2D eigenvalue weighted by Crippen LogP contribution is 2.41. The van der Waals surface area contributed by atoms with Gasteiger partial charge in [0.15, 0.2) is 5.60 Å². The minimum absolute atomic E-state index is 0.0275. The van der Waals surface area contributed by atoms with E-state index in [0.717, 1.165) is 0 Å². The molecule has 1 aliphatic rings. The summed E-state index contributed by atoms with van der Waals surface area (Å²) in [7, 11) is 0. The van der Waals surface area contributed by atoms with E-state index in [1.165, 1.54) is 25.1 Å². The number of benzene rings is 2. The maximum Gasteiger partial charge on any atom is 0.290 e. The third-order valence-electron chi connectivity index (χ3n) is 3.15. The van der Waals surface area contributed by atoms with Crippen molar-refractivity contribution in [3.63, 3.8) is 0 Å². The Morgan fingerprint density at radius 1 is 1.43 bits per heavy atom. The molecular formula is C17H17ClN2O. The van der Waals surface area contributed by atoms with Gasteiger partial charge in [-0.1, -0.05) is 41.9 Å². The van der Waals surface area contributed by atoms with Gasteiger partial charge in [0.2, 0.25) is 0 Å². The Bertz CT molecular complexity index is 909. The average molecular weight is 307 g/mol. The fraction of sp³-hybridized carbons (Fsp3) is 0.235. The van der Waals surface area contributed by atoms with Crippen LogP contribution in [0.4, 0.5) is 5.69 Å². The van der Waals surface area contributed by atoms with E-state index < -0.39 is 18.9 Å². The zero-order valence-corrected chi connectivity index (χ0v) is 12.0. The van der Waals surface area contributed by atoms with Crippen LogP contribution < -0.4 is 5.32 Å². The smallest absolute Gasteiger partial charge is 0.290 e. The quantitative estimate of drug-likeness (QED) is 0.891. The minimum atomic E-state index is -2.74. The average Bonchev–Trinajstić information content (AvgIpc) is 2.52. The number of anilines is 1. The van der Waals surface area contributed by atoms with Crippen LogP contribution in [-0.4, -0.2) is 12.5 Å². The number of nitrogens with zero attached hydrogens (tertiary/aromatic N) is 1. The van der Waals surface area contributed by atoms with Gasteiger partial charge in [-0.05, 0) is 37.5 Å². The summed E-state index contributed by atoms with van der Waals surface area (Å²) >= 11 is 6.12. The molecule has 0 aromatic heterocycles. The molecule has 2 aromatic carbocycles. The number of amidine groups is 1. The standard InChI is InChI=1S/C17H17ClN2O/c1-3-19-16-20-15-10-9-13(18)11-14(15)17(2,21-16)12-7-5-4-6-8-12/h4-11H,3H2,1-2H3,(H,19,20)/i2D3,3D2,7D. The maximum atomic E-state index is 8.26. The second-order valence-corrected chi connectivity index (χ2v) is 4.95. The van der Waals surface area contributed by atoms with Gasteiger partial charge < -0.3 is 10.1 Å². The first-order valence-electron chi connectivity index (χ1n) is 9.36. The number of hydrogen-bond acceptors (Lipinski definition) is 2. The van der Waals surface area contributed by atoms with E-state index in [2.05, 4.69) is 10.3 Å². The lowest BCUT2D eigenvalue weighted by Gasteiger charge is -2.38. The van der Waals surface area contributed by atoms with E-state index in [9.17, 15) is 0 Å². The van der Waals surface area contributed by atoms with Crippen LogP contribution in [0.1, 0.15) is 33.1 Å². The van der Waals surface area contributed by atoms with Gasteiger partial charge in [0, 0.05) is 26.9 Å². The third-order valence-corrected chi connectivity index (χ3v) is 3.39. The lowest BCUT2D eigenvalue weighted by molar-refractivity contribution is 0.112. The first-order chi connectivity index (χ1) is 12.4. The normalized spacial score (nSPS) is 27.8. The van der Waals surface area contributed by atoms with Crippen LogP contribution >= 0.6 is 11.6 Å². The van der Waals surface area contributed by atoms with E-state index in [0.29, 0.717) is 10.7 Å². The van der Waals surface area contributed by atoms with Crippen LogP contribution in [0.5, 0.6) is 0 Å². The van der Waals surface area contributed by atoms with Crippen molar-refractivity contribution in [3.8, 4) is 0 Å². The molecule has 0 saturated heterocycles. The molecule has 0 amide bonds. The first kappa shape index (κ1) is 8.44. The molecule has 108 valence electrons. The monoisotopic (exact) mass is 306 g/mol. The first-order valence-corrected chi connectivity index (χ1v) is 6.74. The van der Waals surface area contributed by atoms with Crippen molar-refractivity contribution in [1.29, 1.82) is 0 Å². The molecule has 1 unspecified atom stereocenters. The summed E-state index contributed by atoms with van der Waals surface area (Å²) in [4.78, 5) is 3.83. The number of nitrogens with one attached hydrogen (secondary N) is 1. The van der Waals surface area contributed by atoms with E-state index in [-0.39, 0.29) is 23.2 Å². The predicted molar refractivity (Wildman–Crippen MR) is 87.0 cm³/mol. The van der Waals surface area contributed by atoms with Crippen LogP contribution in [0.15, 0.2) is 53.5 Å². The van der Waals surface area contributed by atoms with Gasteiger partial charge in [-0.25, -0.2) is 4.99 Å². The SMILES string of the molecule is [2H]c1ccccc1C1(C([2H])([2H])[2H])OC(=NC([2H])([2H])C)Nc2ccc(Cl)cc21. The predicted octanol–water partition coefficient (Wildman–Crippen LogP) is 4.42. The molecule has 1 N–H and O–H groups in total. The maximum absolute atomic E-state index is 8.26. The van der Waals surface area contributed by atoms with Gasteiger partial charge in [-0.15, -0.1) is 0 Å². The lowest BCUT2D eigenvalue weighted by atomic mass is 9.86. The number of halogens is 1. The Kier molecular flexibility index (Phi) is 2.18. The van der Waals surface area contributed by atoms with Crippen molar-refractivity contribution in [2.45, 2.75) is 19.4 Å². The molecule has 0 fully saturated rings. The number of ether oxygens (including phenoxy) is 1. The second kappa shape index (κ2) is 5.41. The highest BCUT2D eigenvalue weighted by Gasteiger charge is 2.38. The highest BCUT2D eigenvalue weighted by molar-refractivity contribution is 6.30. The topological polar surface area (TPSA) is 33.6 Å². The largest absolute Gasteiger partial charge is 0.449 e. The molecule has 1 heterocycles. The van der Waals surface area contributed by atoms with Gasteiger partial charge in [-0.2, -0.15) is 0 Å². The number of hydrogen-bond donors (Lipinski definition) is 1. The zero-order valence-electron chi connectivity index (χ0n) is 17.3. The van der Waals surface area contributed by atoms with E-state index in [1.54, 1.807) is 24.3 Å². The van der Waals surface area contributed by atoms with Crippen molar-refractivity contribution in [2.24, 2.45) is 4.99 Å². The fourth-order valence-electron chi connectivity index (χ4n) is 2.22. The summed E-state index contributed by atoms with van der Waals surface area (Å²) < 4.78 is 54.1. The van der Waals surface area contributed by atoms with Crippen molar-refractivity contribution < 1.29 is 13.0 Å². The third kappa shape index (κ3) is 2.49. The Hall–Kier alpha value is -2.00. The van der Waals surface area contributed by atoms with Gasteiger partial charge in [0.1, 0.15) is 0 Å². The number of aliphatic imine (C=N–C) groups is 1. The van der Waals surface area contributed by atoms with Crippen molar-refractivity contribution in [3.05, 3.63) is 64.7 Å². The molecule has 4 heteroatoms. The minimum Gasteiger partial charge on any atom is -0.449 e. The Morgan fingerprint density at radius 2 is 2.33 bits per heavy atom. The Balaban J connectivity index is 2.39. The molecule has 0 bridgehead atoms. The van der Waals surface area contributed by atoms with Crippen molar-refractivity contribution in [2.75, 3.05) is 11.8 Å². The molecule has 1 atom stereocenters. The van der Waals surface area contributed by atoms with Crippen LogP contribution in [0.2, 0.25) is 5.02 Å². The molecule has 3 nitrogen and oxygen atoms in total. The van der Waals surface area contributed by atoms with Crippen LogP contribution in [0, 0.1) is 0 Å². The van der Waals surface area contributed by atoms with Crippen LogP contribution in [0.3, 0.4) is 0 Å². The van der Waals surface area contributed by atoms with Crippen LogP contribution in [0.25, 0.3) is 0 Å². The summed E-state index contributed by atoms with van der Waals surface area (Å²) in [5, 5.41) is 3.12. The number of fused-ring (bicyclic) bond motifs is 1. The van der Waals surface area contributed by atoms with Gasteiger partial charge in [-0.3, -0.25) is 0 Å². The summed E-state index contributed by atoms with van der Waals surface area (Å²) in [6.45, 7) is -3.52. The Labute approximate surface area is 138 Å². The number of rotatable bonds is 2. The molecule has 0 saturated carbocycles. The molecule has 1 aliphatic heterocycles. The summed E-state index contributed by atoms with van der Waals surface area (Å²) in [5.41, 5.74) is -1.36. The summed E-state index contributed by atoms with van der Waals surface area (Å²) in [6, 6.07) is 10.5. The van der Waals surface area contributed by atoms with E-state index >= 15 is 0 Å². The van der Waals surface area contributed by atoms with Crippen molar-refractivity contribution in [1.82, 2.24) is 0 Å². The fourth-order valence-corrected chi connectivity index (χ4v) is 2.39. The van der Waals surface area contributed by atoms with Gasteiger partial charge in [0.05, 0.1) is 4.11 Å². The molecule has 0 spiro atoms. The molecule has 21 heavy (non-hydrogen) atoms. The van der Waals surface area contributed by atoms with E-state index in [4.69, 9.17) is 24.6 Å². The van der Waals surface area contributed by atoms with Gasteiger partial charge >= 0.3 is 0 Å². The molecule has 0 aliphatic carbocycles.